The number of esters is 1. The van der Waals surface area contributed by atoms with Gasteiger partial charge in [-0.3, -0.25) is 9.69 Å². The Hall–Kier alpha value is -0.220. The second-order valence-corrected chi connectivity index (χ2v) is 6.09. The zero-order valence-electron chi connectivity index (χ0n) is 10.9. The van der Waals surface area contributed by atoms with Gasteiger partial charge < -0.3 is 4.74 Å². The Bertz CT molecular complexity index is 247. The number of hydrogen-bond donors (Lipinski definition) is 0. The van der Waals surface area contributed by atoms with Crippen LogP contribution >= 0.6 is 11.8 Å². The summed E-state index contributed by atoms with van der Waals surface area (Å²) in [6.45, 7) is 9.66. The number of thioether (sulfide) groups is 1. The Morgan fingerprint density at radius 1 is 1.44 bits per heavy atom. The summed E-state index contributed by atoms with van der Waals surface area (Å²) in [5, 5.41) is 0.640. The van der Waals surface area contributed by atoms with Crippen molar-refractivity contribution in [2.75, 3.05) is 19.4 Å². The van der Waals surface area contributed by atoms with Crippen molar-refractivity contribution in [1.29, 1.82) is 0 Å². The summed E-state index contributed by atoms with van der Waals surface area (Å²) >= 11 is 2.02. The van der Waals surface area contributed by atoms with Gasteiger partial charge in [0.05, 0.1) is 13.0 Å². The molecule has 16 heavy (non-hydrogen) atoms. The van der Waals surface area contributed by atoms with E-state index in [0.29, 0.717) is 11.3 Å². The summed E-state index contributed by atoms with van der Waals surface area (Å²) < 4.78 is 4.82. The van der Waals surface area contributed by atoms with Crippen molar-refractivity contribution in [2.24, 2.45) is 5.92 Å². The molecule has 94 valence electrons. The lowest BCUT2D eigenvalue weighted by atomic mass is 10.00. The van der Waals surface area contributed by atoms with Gasteiger partial charge in [0.15, 0.2) is 0 Å². The zero-order valence-corrected chi connectivity index (χ0v) is 11.7. The topological polar surface area (TPSA) is 29.5 Å². The van der Waals surface area contributed by atoms with Crippen LogP contribution in [-0.4, -0.2) is 47.6 Å². The third kappa shape index (κ3) is 2.92. The first-order valence-corrected chi connectivity index (χ1v) is 6.99. The van der Waals surface area contributed by atoms with Crippen molar-refractivity contribution >= 4 is 17.7 Å². The molecule has 0 bridgehead atoms. The van der Waals surface area contributed by atoms with Crippen molar-refractivity contribution in [3.63, 3.8) is 0 Å². The summed E-state index contributed by atoms with van der Waals surface area (Å²) in [4.78, 5) is 14.0. The van der Waals surface area contributed by atoms with Gasteiger partial charge >= 0.3 is 5.97 Å². The Kier molecular flexibility index (Phi) is 5.12. The zero-order chi connectivity index (χ0) is 12.3. The average molecular weight is 245 g/mol. The summed E-state index contributed by atoms with van der Waals surface area (Å²) in [5.41, 5.74) is 0. The molecule has 1 fully saturated rings. The van der Waals surface area contributed by atoms with Gasteiger partial charge in [-0.25, -0.2) is 0 Å². The molecule has 4 atom stereocenters. The third-order valence-electron chi connectivity index (χ3n) is 3.75. The second-order valence-electron chi connectivity index (χ2n) is 4.61. The Labute approximate surface area is 103 Å². The van der Waals surface area contributed by atoms with E-state index in [0.717, 1.165) is 12.3 Å². The summed E-state index contributed by atoms with van der Waals surface area (Å²) in [6.07, 6.45) is 0. The molecule has 0 radical (unpaired) electrons. The van der Waals surface area contributed by atoms with Gasteiger partial charge in [0.25, 0.3) is 0 Å². The van der Waals surface area contributed by atoms with E-state index >= 15 is 0 Å². The number of nitrogens with zero attached hydrogens (tertiary/aromatic N) is 1. The summed E-state index contributed by atoms with van der Waals surface area (Å²) in [7, 11) is 1.46. The molecule has 0 saturated carbocycles. The first-order chi connectivity index (χ1) is 7.49. The maximum atomic E-state index is 11.5. The number of rotatable bonds is 3. The standard InChI is InChI=1S/C12H23NO2S/c1-8(12(14)15-5)9(2)13-6-7-16-11(4)10(13)3/h8-11H,6-7H2,1-5H3. The van der Waals surface area contributed by atoms with Crippen LogP contribution in [-0.2, 0) is 9.53 Å². The smallest absolute Gasteiger partial charge is 0.309 e. The van der Waals surface area contributed by atoms with Crippen LogP contribution in [0.3, 0.4) is 0 Å². The lowest BCUT2D eigenvalue weighted by Crippen LogP contribution is -2.52. The number of hydrogen-bond acceptors (Lipinski definition) is 4. The molecule has 1 aliphatic rings. The van der Waals surface area contributed by atoms with Crippen LogP contribution < -0.4 is 0 Å². The van der Waals surface area contributed by atoms with Crippen LogP contribution in [0.1, 0.15) is 27.7 Å². The minimum atomic E-state index is -0.106. The molecule has 1 rings (SSSR count). The predicted octanol–water partition coefficient (Wildman–Crippen LogP) is 2.01. The van der Waals surface area contributed by atoms with E-state index in [1.807, 2.05) is 18.7 Å². The molecule has 0 aliphatic carbocycles. The van der Waals surface area contributed by atoms with Crippen LogP contribution in [0.15, 0.2) is 0 Å². The molecule has 4 unspecified atom stereocenters. The number of carbonyl (C=O) groups excluding carboxylic acids is 1. The predicted molar refractivity (Wildman–Crippen MR) is 68.7 cm³/mol. The fourth-order valence-corrected chi connectivity index (χ4v) is 3.32. The summed E-state index contributed by atoms with van der Waals surface area (Å²) in [6, 6.07) is 0.784. The minimum absolute atomic E-state index is 0.0530. The lowest BCUT2D eigenvalue weighted by molar-refractivity contribution is -0.147. The van der Waals surface area contributed by atoms with E-state index in [1.54, 1.807) is 0 Å². The maximum Gasteiger partial charge on any atom is 0.309 e. The van der Waals surface area contributed by atoms with Crippen LogP contribution in [0, 0.1) is 5.92 Å². The highest BCUT2D eigenvalue weighted by atomic mass is 32.2. The fraction of sp³-hybridized carbons (Fsp3) is 0.917. The van der Waals surface area contributed by atoms with Gasteiger partial charge in [-0.05, 0) is 13.8 Å². The highest BCUT2D eigenvalue weighted by molar-refractivity contribution is 8.00. The molecule has 0 amide bonds. The number of ether oxygens (including phenoxy) is 1. The monoisotopic (exact) mass is 245 g/mol. The molecule has 0 aromatic heterocycles. The first-order valence-electron chi connectivity index (χ1n) is 5.94. The fourth-order valence-electron chi connectivity index (χ4n) is 2.20. The van der Waals surface area contributed by atoms with Crippen molar-refractivity contribution in [1.82, 2.24) is 4.90 Å². The van der Waals surface area contributed by atoms with E-state index in [2.05, 4.69) is 25.7 Å². The van der Waals surface area contributed by atoms with Gasteiger partial charge in [0.1, 0.15) is 0 Å². The Morgan fingerprint density at radius 2 is 2.06 bits per heavy atom. The molecule has 1 heterocycles. The van der Waals surface area contributed by atoms with Gasteiger partial charge in [-0.1, -0.05) is 13.8 Å². The number of carbonyl (C=O) groups is 1. The highest BCUT2D eigenvalue weighted by Crippen LogP contribution is 2.28. The minimum Gasteiger partial charge on any atom is -0.469 e. The lowest BCUT2D eigenvalue weighted by Gasteiger charge is -2.42. The molecule has 0 aromatic carbocycles. The van der Waals surface area contributed by atoms with Crippen LogP contribution in [0.4, 0.5) is 0 Å². The van der Waals surface area contributed by atoms with E-state index in [9.17, 15) is 4.79 Å². The van der Waals surface area contributed by atoms with Crippen molar-refractivity contribution < 1.29 is 9.53 Å². The third-order valence-corrected chi connectivity index (χ3v) is 5.09. The van der Waals surface area contributed by atoms with Gasteiger partial charge in [-0.2, -0.15) is 11.8 Å². The quantitative estimate of drug-likeness (QED) is 0.711. The molecule has 1 aliphatic heterocycles. The van der Waals surface area contributed by atoms with Crippen LogP contribution in [0.25, 0.3) is 0 Å². The van der Waals surface area contributed by atoms with Gasteiger partial charge in [0.2, 0.25) is 0 Å². The Balaban J connectivity index is 2.64. The molecular formula is C12H23NO2S. The van der Waals surface area contributed by atoms with Crippen molar-refractivity contribution in [3.05, 3.63) is 0 Å². The van der Waals surface area contributed by atoms with Crippen molar-refractivity contribution in [2.45, 2.75) is 45.0 Å². The van der Waals surface area contributed by atoms with E-state index in [1.165, 1.54) is 7.11 Å². The maximum absolute atomic E-state index is 11.5. The van der Waals surface area contributed by atoms with Crippen molar-refractivity contribution in [3.8, 4) is 0 Å². The molecule has 3 nitrogen and oxygen atoms in total. The van der Waals surface area contributed by atoms with E-state index < -0.39 is 0 Å². The van der Waals surface area contributed by atoms with E-state index in [-0.39, 0.29) is 17.9 Å². The summed E-state index contributed by atoms with van der Waals surface area (Å²) in [5.74, 6) is 0.998. The molecule has 4 heteroatoms. The molecule has 1 saturated heterocycles. The van der Waals surface area contributed by atoms with Crippen LogP contribution in [0.5, 0.6) is 0 Å². The molecule has 0 N–H and O–H groups in total. The molecule has 0 spiro atoms. The highest BCUT2D eigenvalue weighted by Gasteiger charge is 2.33. The Morgan fingerprint density at radius 3 is 2.62 bits per heavy atom. The second kappa shape index (κ2) is 5.92. The normalized spacial score (nSPS) is 30.8. The first kappa shape index (κ1) is 13.8. The van der Waals surface area contributed by atoms with Gasteiger partial charge in [-0.15, -0.1) is 0 Å². The van der Waals surface area contributed by atoms with E-state index in [4.69, 9.17) is 4.74 Å². The molecule has 0 aromatic rings. The van der Waals surface area contributed by atoms with Gasteiger partial charge in [0, 0.05) is 29.6 Å². The SMILES string of the molecule is COC(=O)C(C)C(C)N1CCSC(C)C1C. The van der Waals surface area contributed by atoms with Crippen LogP contribution in [0.2, 0.25) is 0 Å². The largest absolute Gasteiger partial charge is 0.469 e. The molecular weight excluding hydrogens is 222 g/mol. The average Bonchev–Trinajstić information content (AvgIpc) is 2.29. The number of methoxy groups -OCH3 is 1.